The van der Waals surface area contributed by atoms with Gasteiger partial charge in [-0.15, -0.1) is 0 Å². The molecule has 4 aromatic carbocycles. The Morgan fingerprint density at radius 2 is 1.09 bits per heavy atom. The second-order valence-corrected chi connectivity index (χ2v) is 17.2. The van der Waals surface area contributed by atoms with E-state index in [0.717, 1.165) is 22.3 Å². The zero-order valence-electron chi connectivity index (χ0n) is 38.6. The fourth-order valence-corrected chi connectivity index (χ4v) is 9.27. The van der Waals surface area contributed by atoms with Crippen LogP contribution >= 0.6 is 0 Å². The Morgan fingerprint density at radius 3 is 1.59 bits per heavy atom. The van der Waals surface area contributed by atoms with Crippen molar-refractivity contribution in [1.82, 2.24) is 5.32 Å². The van der Waals surface area contributed by atoms with Crippen molar-refractivity contribution in [2.45, 2.75) is 152 Å². The number of fused-ring (bicyclic) bond motifs is 1. The fourth-order valence-electron chi connectivity index (χ4n) is 9.27. The van der Waals surface area contributed by atoms with E-state index in [1.54, 1.807) is 0 Å². The van der Waals surface area contributed by atoms with Gasteiger partial charge in [-0.25, -0.2) is 9.59 Å². The van der Waals surface area contributed by atoms with Gasteiger partial charge in [0.15, 0.2) is 24.8 Å². The molecular formula is C51H60N4O13. The third-order valence-electron chi connectivity index (χ3n) is 12.7. The van der Waals surface area contributed by atoms with Gasteiger partial charge < -0.3 is 57.4 Å². The number of rotatable bonds is 20. The number of esters is 1. The number of nitrogens with zero attached hydrogens (tertiary/aromatic N) is 3. The number of hydrogen-bond donors (Lipinski definition) is 1. The Labute approximate surface area is 396 Å². The van der Waals surface area contributed by atoms with Gasteiger partial charge in [-0.3, -0.25) is 0 Å². The molecule has 0 aliphatic carbocycles. The topological polar surface area (TPSA) is 196 Å². The highest BCUT2D eigenvalue weighted by Crippen LogP contribution is 2.39. The number of carbonyl (C=O) groups is 2. The van der Waals surface area contributed by atoms with Gasteiger partial charge in [0.25, 0.3) is 0 Å². The van der Waals surface area contributed by atoms with Crippen molar-refractivity contribution in [3.63, 3.8) is 0 Å². The molecule has 4 saturated heterocycles. The highest BCUT2D eigenvalue weighted by molar-refractivity contribution is 5.75. The van der Waals surface area contributed by atoms with Crippen LogP contribution in [0.15, 0.2) is 126 Å². The van der Waals surface area contributed by atoms with E-state index in [0.29, 0.717) is 12.8 Å². The van der Waals surface area contributed by atoms with E-state index in [1.165, 1.54) is 7.11 Å². The minimum atomic E-state index is -1.53. The Bertz CT molecular complexity index is 2240. The summed E-state index contributed by atoms with van der Waals surface area (Å²) in [7, 11) is 1.24. The molecule has 0 bridgehead atoms. The van der Waals surface area contributed by atoms with Crippen LogP contribution in [0, 0.1) is 0 Å². The van der Waals surface area contributed by atoms with Gasteiger partial charge in [0.2, 0.25) is 0 Å². The third-order valence-corrected chi connectivity index (χ3v) is 12.7. The molecule has 4 aliphatic heterocycles. The molecule has 1 N–H and O–H groups in total. The number of methoxy groups -OCH3 is 1. The first-order valence-corrected chi connectivity index (χ1v) is 23.3. The molecule has 4 aliphatic rings. The SMILES string of the molecule is CCC1O[C@@H](O[C@H]2C(C(=O)OC)O[C@@H](O[C@H]3C(CC)O[C@@H](C)C4NC(=O)O[C@H]43)C(OCc3ccccc3)[C@H]2OCc2ccccc2)C(N=[N+]=[N-])[C@@H](OCc2ccccc2)[C@H]1OCc1ccccc1. The zero-order valence-corrected chi connectivity index (χ0v) is 38.6. The summed E-state index contributed by atoms with van der Waals surface area (Å²) in [6.07, 6.45) is -12.3. The second kappa shape index (κ2) is 23.7. The lowest BCUT2D eigenvalue weighted by Gasteiger charge is -2.50. The van der Waals surface area contributed by atoms with Gasteiger partial charge in [-0.2, -0.15) is 0 Å². The summed E-state index contributed by atoms with van der Waals surface area (Å²) in [5.41, 5.74) is 13.7. The number of ether oxygens (including phenoxy) is 11. The predicted octanol–water partition coefficient (Wildman–Crippen LogP) is 7.48. The molecule has 0 aromatic heterocycles. The molecular weight excluding hydrogens is 877 g/mol. The van der Waals surface area contributed by atoms with Crippen LogP contribution in [0.2, 0.25) is 0 Å². The monoisotopic (exact) mass is 936 g/mol. The van der Waals surface area contributed by atoms with Crippen molar-refractivity contribution in [2.24, 2.45) is 5.11 Å². The van der Waals surface area contributed by atoms with E-state index in [2.05, 4.69) is 15.3 Å². The maximum absolute atomic E-state index is 14.2. The highest BCUT2D eigenvalue weighted by atomic mass is 16.8. The van der Waals surface area contributed by atoms with Crippen LogP contribution in [0.1, 0.15) is 55.9 Å². The Kier molecular flexibility index (Phi) is 17.1. The molecule has 17 heteroatoms. The average Bonchev–Trinajstić information content (AvgIpc) is 3.78. The molecule has 4 fully saturated rings. The van der Waals surface area contributed by atoms with E-state index in [-0.39, 0.29) is 32.5 Å². The summed E-state index contributed by atoms with van der Waals surface area (Å²) in [4.78, 5) is 30.2. The molecule has 0 radical (unpaired) electrons. The molecule has 0 spiro atoms. The van der Waals surface area contributed by atoms with Gasteiger partial charge in [0, 0.05) is 4.91 Å². The fraction of sp³-hybridized carbons (Fsp3) is 0.490. The van der Waals surface area contributed by atoms with E-state index in [1.807, 2.05) is 142 Å². The largest absolute Gasteiger partial charge is 0.467 e. The van der Waals surface area contributed by atoms with Gasteiger partial charge >= 0.3 is 12.1 Å². The van der Waals surface area contributed by atoms with E-state index in [4.69, 9.17) is 52.1 Å². The molecule has 4 heterocycles. The van der Waals surface area contributed by atoms with Gasteiger partial charge in [-0.1, -0.05) is 140 Å². The molecule has 362 valence electrons. The van der Waals surface area contributed by atoms with Gasteiger partial charge in [0.05, 0.1) is 57.9 Å². The van der Waals surface area contributed by atoms with Crippen molar-refractivity contribution in [2.75, 3.05) is 7.11 Å². The normalized spacial score (nSPS) is 32.2. The first-order valence-electron chi connectivity index (χ1n) is 23.3. The lowest BCUT2D eigenvalue weighted by Crippen LogP contribution is -2.67. The second-order valence-electron chi connectivity index (χ2n) is 17.2. The maximum Gasteiger partial charge on any atom is 0.408 e. The van der Waals surface area contributed by atoms with Crippen LogP contribution in [-0.2, 0) is 83.3 Å². The first-order chi connectivity index (χ1) is 33.3. The summed E-state index contributed by atoms with van der Waals surface area (Å²) in [5, 5.41) is 7.12. The van der Waals surface area contributed by atoms with Crippen molar-refractivity contribution in [3.8, 4) is 0 Å². The Morgan fingerprint density at radius 1 is 0.618 bits per heavy atom. The highest BCUT2D eigenvalue weighted by Gasteiger charge is 2.58. The minimum absolute atomic E-state index is 0.0478. The lowest BCUT2D eigenvalue weighted by atomic mass is 9.92. The summed E-state index contributed by atoms with van der Waals surface area (Å²) in [5.74, 6) is -0.810. The summed E-state index contributed by atoms with van der Waals surface area (Å²) in [6.45, 7) is 6.26. The number of carbonyl (C=O) groups excluding carboxylic acids is 2. The van der Waals surface area contributed by atoms with Crippen molar-refractivity contribution < 1.29 is 61.7 Å². The van der Waals surface area contributed by atoms with Crippen LogP contribution in [-0.4, -0.2) is 111 Å². The summed E-state index contributed by atoms with van der Waals surface area (Å²) < 4.78 is 72.0. The number of amides is 1. The zero-order chi connectivity index (χ0) is 47.4. The van der Waals surface area contributed by atoms with Gasteiger partial charge in [0.1, 0.15) is 42.7 Å². The molecule has 6 unspecified atom stereocenters. The van der Waals surface area contributed by atoms with E-state index >= 15 is 0 Å². The van der Waals surface area contributed by atoms with Crippen LogP contribution in [0.5, 0.6) is 0 Å². The Hall–Kier alpha value is -5.43. The summed E-state index contributed by atoms with van der Waals surface area (Å²) in [6, 6.07) is 36.7. The Balaban J connectivity index is 1.18. The van der Waals surface area contributed by atoms with Crippen LogP contribution in [0.4, 0.5) is 4.79 Å². The van der Waals surface area contributed by atoms with Gasteiger partial charge in [-0.05, 0) is 47.6 Å². The van der Waals surface area contributed by atoms with Crippen molar-refractivity contribution >= 4 is 12.1 Å². The van der Waals surface area contributed by atoms with E-state index < -0.39 is 97.8 Å². The lowest BCUT2D eigenvalue weighted by molar-refractivity contribution is -0.365. The number of nitrogens with one attached hydrogen (secondary N) is 1. The maximum atomic E-state index is 14.2. The van der Waals surface area contributed by atoms with Crippen molar-refractivity contribution in [3.05, 3.63) is 154 Å². The van der Waals surface area contributed by atoms with Crippen LogP contribution < -0.4 is 5.32 Å². The standard InChI is InChI=1S/C51H60N4O13/c1-5-36-40(59-27-32-19-11-7-12-20-32)42(60-28-33-21-13-8-14-22-33)39(54-55-52)49(64-36)66-45-44(61-29-34-23-15-9-16-24-34)47(62-30-35-25-17-10-18-26-35)50(67-46(45)48(56)58-4)65-41-37(6-2)63-31(3)38-43(41)68-51(57)53-38/h7-26,31,36-47,49-50H,5-6,27-30H2,1-4H3,(H,53,57)/t31-,36?,37?,38?,39?,40-,41-,42+,43+,44-,45+,46?,47?,49-,50+/m0/s1. The average molecular weight is 937 g/mol. The predicted molar refractivity (Wildman–Crippen MR) is 244 cm³/mol. The molecule has 68 heavy (non-hydrogen) atoms. The first kappa shape index (κ1) is 49.0. The number of benzene rings is 4. The molecule has 8 rings (SSSR count). The van der Waals surface area contributed by atoms with Crippen LogP contribution in [0.3, 0.4) is 0 Å². The smallest absolute Gasteiger partial charge is 0.408 e. The molecule has 4 aromatic rings. The van der Waals surface area contributed by atoms with Crippen molar-refractivity contribution in [1.29, 1.82) is 0 Å². The quantitative estimate of drug-likeness (QED) is 0.0397. The molecule has 17 nitrogen and oxygen atoms in total. The third kappa shape index (κ3) is 11.7. The molecule has 0 saturated carbocycles. The van der Waals surface area contributed by atoms with E-state index in [9.17, 15) is 15.1 Å². The number of hydrogen-bond acceptors (Lipinski definition) is 14. The van der Waals surface area contributed by atoms with Crippen LogP contribution in [0.25, 0.3) is 10.4 Å². The summed E-state index contributed by atoms with van der Waals surface area (Å²) >= 11 is 0. The molecule has 15 atom stereocenters. The minimum Gasteiger partial charge on any atom is -0.467 e. The number of alkyl carbamates (subject to hydrolysis) is 1. The molecule has 1 amide bonds. The number of azide groups is 1.